The van der Waals surface area contributed by atoms with Crippen LogP contribution < -0.4 is 5.73 Å². The second kappa shape index (κ2) is 6.37. The number of amides is 1. The number of aliphatic hydroxyl groups is 1. The predicted octanol–water partition coefficient (Wildman–Crippen LogP) is 1.45. The van der Waals surface area contributed by atoms with E-state index in [0.717, 1.165) is 25.9 Å². The van der Waals surface area contributed by atoms with Crippen LogP contribution >= 0.6 is 0 Å². The van der Waals surface area contributed by atoms with E-state index in [2.05, 4.69) is 30.0 Å². The minimum Gasteiger partial charge on any atom is -0.388 e. The van der Waals surface area contributed by atoms with Crippen LogP contribution in [-0.4, -0.2) is 34.6 Å². The van der Waals surface area contributed by atoms with Crippen molar-refractivity contribution in [1.29, 1.82) is 0 Å². The molecule has 1 fully saturated rings. The Morgan fingerprint density at radius 1 is 1.40 bits per heavy atom. The van der Waals surface area contributed by atoms with Gasteiger partial charge in [-0.05, 0) is 36.9 Å². The SMILES string of the molecule is CCc1ccccc1CN1CCCC(O)(CC(N)=O)C1. The molecular weight excluding hydrogens is 252 g/mol. The highest BCUT2D eigenvalue weighted by Gasteiger charge is 2.34. The molecule has 1 aromatic carbocycles. The lowest BCUT2D eigenvalue weighted by molar-refractivity contribution is -0.125. The quantitative estimate of drug-likeness (QED) is 0.855. The summed E-state index contributed by atoms with van der Waals surface area (Å²) >= 11 is 0. The first-order chi connectivity index (χ1) is 9.52. The molecule has 2 rings (SSSR count). The fraction of sp³-hybridized carbons (Fsp3) is 0.562. The molecule has 1 amide bonds. The maximum atomic E-state index is 11.1. The van der Waals surface area contributed by atoms with E-state index in [9.17, 15) is 9.90 Å². The summed E-state index contributed by atoms with van der Waals surface area (Å²) < 4.78 is 0. The largest absolute Gasteiger partial charge is 0.388 e. The molecule has 1 aromatic rings. The van der Waals surface area contributed by atoms with Crippen LogP contribution in [0.3, 0.4) is 0 Å². The van der Waals surface area contributed by atoms with Crippen LogP contribution in [0.4, 0.5) is 0 Å². The normalized spacial score (nSPS) is 23.7. The van der Waals surface area contributed by atoms with Crippen LogP contribution in [0.2, 0.25) is 0 Å². The lowest BCUT2D eigenvalue weighted by Gasteiger charge is -2.38. The first-order valence-corrected chi connectivity index (χ1v) is 7.32. The number of carbonyl (C=O) groups is 1. The van der Waals surface area contributed by atoms with E-state index in [-0.39, 0.29) is 6.42 Å². The van der Waals surface area contributed by atoms with Gasteiger partial charge in [0.2, 0.25) is 5.91 Å². The highest BCUT2D eigenvalue weighted by molar-refractivity contribution is 5.75. The number of aryl methyl sites for hydroxylation is 1. The molecule has 110 valence electrons. The average Bonchev–Trinajstić information content (AvgIpc) is 2.38. The van der Waals surface area contributed by atoms with Gasteiger partial charge in [0.15, 0.2) is 0 Å². The van der Waals surface area contributed by atoms with Crippen LogP contribution in [0.5, 0.6) is 0 Å². The molecule has 0 saturated carbocycles. The molecule has 0 aliphatic carbocycles. The second-order valence-corrected chi connectivity index (χ2v) is 5.80. The number of piperidine rings is 1. The number of hydrogen-bond acceptors (Lipinski definition) is 3. The number of primary amides is 1. The Hall–Kier alpha value is -1.39. The molecule has 4 heteroatoms. The summed E-state index contributed by atoms with van der Waals surface area (Å²) in [5.41, 5.74) is 6.93. The molecule has 1 unspecified atom stereocenters. The summed E-state index contributed by atoms with van der Waals surface area (Å²) in [6, 6.07) is 8.39. The molecule has 1 heterocycles. The Morgan fingerprint density at radius 2 is 2.10 bits per heavy atom. The van der Waals surface area contributed by atoms with Crippen molar-refractivity contribution in [1.82, 2.24) is 4.90 Å². The fourth-order valence-electron chi connectivity index (χ4n) is 3.11. The zero-order chi connectivity index (χ0) is 14.6. The standard InChI is InChI=1S/C16H24N2O2/c1-2-13-6-3-4-7-14(13)11-18-9-5-8-16(20,12-18)10-15(17)19/h3-4,6-7,20H,2,5,8-12H2,1H3,(H2,17,19). The third-order valence-electron chi connectivity index (χ3n) is 4.03. The van der Waals surface area contributed by atoms with Crippen LogP contribution in [0.1, 0.15) is 37.3 Å². The van der Waals surface area contributed by atoms with Crippen LogP contribution in [0, 0.1) is 0 Å². The van der Waals surface area contributed by atoms with Gasteiger partial charge in [-0.25, -0.2) is 0 Å². The van der Waals surface area contributed by atoms with Crippen molar-refractivity contribution >= 4 is 5.91 Å². The average molecular weight is 276 g/mol. The van der Waals surface area contributed by atoms with E-state index in [0.29, 0.717) is 13.0 Å². The van der Waals surface area contributed by atoms with E-state index < -0.39 is 11.5 Å². The Morgan fingerprint density at radius 3 is 2.75 bits per heavy atom. The minimum atomic E-state index is -0.953. The summed E-state index contributed by atoms with van der Waals surface area (Å²) in [5.74, 6) is -0.427. The molecule has 1 aliphatic rings. The van der Waals surface area contributed by atoms with Gasteiger partial charge in [-0.2, -0.15) is 0 Å². The Balaban J connectivity index is 2.04. The van der Waals surface area contributed by atoms with Gasteiger partial charge in [0.25, 0.3) is 0 Å². The summed E-state index contributed by atoms with van der Waals surface area (Å²) in [4.78, 5) is 13.3. The van der Waals surface area contributed by atoms with E-state index in [1.807, 2.05) is 6.07 Å². The highest BCUT2D eigenvalue weighted by atomic mass is 16.3. The molecule has 4 nitrogen and oxygen atoms in total. The van der Waals surface area contributed by atoms with Crippen molar-refractivity contribution in [3.63, 3.8) is 0 Å². The summed E-state index contributed by atoms with van der Waals surface area (Å²) in [6.07, 6.45) is 2.62. The predicted molar refractivity (Wildman–Crippen MR) is 79.1 cm³/mol. The van der Waals surface area contributed by atoms with E-state index in [4.69, 9.17) is 5.73 Å². The van der Waals surface area contributed by atoms with Crippen molar-refractivity contribution in [2.45, 2.75) is 44.8 Å². The summed E-state index contributed by atoms with van der Waals surface area (Å²) in [7, 11) is 0. The maximum absolute atomic E-state index is 11.1. The van der Waals surface area contributed by atoms with Gasteiger partial charge in [-0.1, -0.05) is 31.2 Å². The van der Waals surface area contributed by atoms with E-state index in [1.165, 1.54) is 11.1 Å². The molecular formula is C16H24N2O2. The van der Waals surface area contributed by atoms with Crippen LogP contribution in [-0.2, 0) is 17.8 Å². The monoisotopic (exact) mass is 276 g/mol. The number of nitrogens with two attached hydrogens (primary N) is 1. The van der Waals surface area contributed by atoms with Gasteiger partial charge < -0.3 is 10.8 Å². The Kier molecular flexibility index (Phi) is 4.78. The smallest absolute Gasteiger partial charge is 0.220 e. The van der Waals surface area contributed by atoms with Gasteiger partial charge in [0.1, 0.15) is 0 Å². The number of nitrogens with zero attached hydrogens (tertiary/aromatic N) is 1. The number of likely N-dealkylation sites (tertiary alicyclic amines) is 1. The van der Waals surface area contributed by atoms with Crippen molar-refractivity contribution in [2.75, 3.05) is 13.1 Å². The van der Waals surface area contributed by atoms with Crippen molar-refractivity contribution in [3.05, 3.63) is 35.4 Å². The topological polar surface area (TPSA) is 66.6 Å². The second-order valence-electron chi connectivity index (χ2n) is 5.80. The molecule has 1 atom stereocenters. The van der Waals surface area contributed by atoms with Crippen molar-refractivity contribution in [2.24, 2.45) is 5.73 Å². The van der Waals surface area contributed by atoms with E-state index in [1.54, 1.807) is 0 Å². The zero-order valence-corrected chi connectivity index (χ0v) is 12.1. The van der Waals surface area contributed by atoms with E-state index >= 15 is 0 Å². The molecule has 3 N–H and O–H groups in total. The molecule has 0 bridgehead atoms. The Labute approximate surface area is 120 Å². The van der Waals surface area contributed by atoms with Gasteiger partial charge in [0.05, 0.1) is 12.0 Å². The molecule has 0 radical (unpaired) electrons. The number of β-amino-alcohol motifs (C(OH)–C–C–N with tert-alkyl or cyclic N) is 1. The summed E-state index contributed by atoms with van der Waals surface area (Å²) in [5, 5.41) is 10.5. The van der Waals surface area contributed by atoms with Gasteiger partial charge in [-0.15, -0.1) is 0 Å². The molecule has 0 aromatic heterocycles. The number of carbonyl (C=O) groups excluding carboxylic acids is 1. The molecule has 0 spiro atoms. The van der Waals surface area contributed by atoms with Crippen LogP contribution in [0.15, 0.2) is 24.3 Å². The maximum Gasteiger partial charge on any atom is 0.220 e. The number of rotatable bonds is 5. The zero-order valence-electron chi connectivity index (χ0n) is 12.1. The lowest BCUT2D eigenvalue weighted by atomic mass is 9.89. The molecule has 20 heavy (non-hydrogen) atoms. The Bertz CT molecular complexity index is 475. The first kappa shape index (κ1) is 15.0. The van der Waals surface area contributed by atoms with Gasteiger partial charge >= 0.3 is 0 Å². The van der Waals surface area contributed by atoms with Crippen molar-refractivity contribution in [3.8, 4) is 0 Å². The molecule has 1 saturated heterocycles. The van der Waals surface area contributed by atoms with Gasteiger partial charge in [-0.3, -0.25) is 9.69 Å². The minimum absolute atomic E-state index is 0.0545. The fourth-order valence-corrected chi connectivity index (χ4v) is 3.11. The lowest BCUT2D eigenvalue weighted by Crippen LogP contribution is -2.49. The third-order valence-corrected chi connectivity index (χ3v) is 4.03. The van der Waals surface area contributed by atoms with Crippen LogP contribution in [0.25, 0.3) is 0 Å². The highest BCUT2D eigenvalue weighted by Crippen LogP contribution is 2.26. The molecule has 1 aliphatic heterocycles. The third kappa shape index (κ3) is 3.81. The summed E-state index contributed by atoms with van der Waals surface area (Å²) in [6.45, 7) is 4.46. The van der Waals surface area contributed by atoms with Crippen molar-refractivity contribution < 1.29 is 9.90 Å². The van der Waals surface area contributed by atoms with Gasteiger partial charge in [0, 0.05) is 13.1 Å². The number of benzene rings is 1. The first-order valence-electron chi connectivity index (χ1n) is 7.32. The number of hydrogen-bond donors (Lipinski definition) is 2.